The summed E-state index contributed by atoms with van der Waals surface area (Å²) in [5, 5.41) is 6.21. The summed E-state index contributed by atoms with van der Waals surface area (Å²) in [7, 11) is 0. The molecular formula is C68H74N4O10. The molecule has 2 N–H and O–H groups in total. The lowest BCUT2D eigenvalue weighted by Crippen LogP contribution is -2.68. The molecule has 82 heavy (non-hydrogen) atoms. The first-order chi connectivity index (χ1) is 40.3. The average Bonchev–Trinajstić information content (AvgIpc) is 3.49. The molecule has 2 fully saturated rings. The number of hydrogen-bond acceptors (Lipinski definition) is 10. The fraction of sp³-hybridized carbons (Fsp3) is 0.324. The molecule has 14 heteroatoms. The number of carbonyl (C=O) groups is 4. The standard InChI is InChI=1S/C68H74N4O10/c1-3-38-71-57(59(77-43-49-24-11-5-12-25-49)61(79-45-51-28-15-7-16-29-51)63(67(71)75)81-47-53-32-19-9-20-33-53)41-69-65(73)55-36-23-37-56(40-55)66(74)70-42-58-60(78-44-50-26-13-6-14-27-50)62(80-46-52-30-17-8-18-31-52)64(68(76)72(58)39-4-2)82-48-54-34-21-10-22-35-54/h5-37,40,57-64H,3-4,38-39,41-48H2,1-2H3,(H,69,73)(H,70,74)/t57-,58-,59-,60-,61+,62+,63-,64-/m1/s1. The topological polar surface area (TPSA) is 154 Å². The highest BCUT2D eigenvalue weighted by molar-refractivity contribution is 5.99. The Kier molecular flexibility index (Phi) is 21.7. The minimum atomic E-state index is -1.02. The Morgan fingerprint density at radius 1 is 0.366 bits per heavy atom. The van der Waals surface area contributed by atoms with Crippen LogP contribution >= 0.6 is 0 Å². The summed E-state index contributed by atoms with van der Waals surface area (Å²) < 4.78 is 40.3. The van der Waals surface area contributed by atoms with E-state index in [1.807, 2.05) is 196 Å². The summed E-state index contributed by atoms with van der Waals surface area (Å²) in [6, 6.07) is 63.6. The molecule has 0 radical (unpaired) electrons. The van der Waals surface area contributed by atoms with Gasteiger partial charge in [-0.15, -0.1) is 0 Å². The average molecular weight is 1110 g/mol. The molecule has 2 saturated heterocycles. The number of likely N-dealkylation sites (tertiary alicyclic amines) is 2. The van der Waals surface area contributed by atoms with Gasteiger partial charge in [-0.2, -0.15) is 0 Å². The molecule has 0 spiro atoms. The number of carbonyl (C=O) groups excluding carboxylic acids is 4. The predicted octanol–water partition coefficient (Wildman–Crippen LogP) is 9.90. The highest BCUT2D eigenvalue weighted by Gasteiger charge is 2.52. The molecular weight excluding hydrogens is 1030 g/mol. The molecule has 0 aliphatic carbocycles. The number of rotatable bonds is 28. The van der Waals surface area contributed by atoms with Gasteiger partial charge >= 0.3 is 0 Å². The van der Waals surface area contributed by atoms with Crippen molar-refractivity contribution >= 4 is 23.6 Å². The maximum Gasteiger partial charge on any atom is 0.254 e. The van der Waals surface area contributed by atoms with E-state index in [0.717, 1.165) is 33.4 Å². The Bertz CT molecular complexity index is 2870. The first kappa shape index (κ1) is 58.8. The van der Waals surface area contributed by atoms with Crippen LogP contribution in [0, 0.1) is 0 Å². The third-order valence-corrected chi connectivity index (χ3v) is 14.8. The molecule has 4 amide bonds. The lowest BCUT2D eigenvalue weighted by molar-refractivity contribution is -0.208. The first-order valence-corrected chi connectivity index (χ1v) is 28.5. The Balaban J connectivity index is 0.952. The molecule has 426 valence electrons. The number of amides is 4. The number of nitrogens with one attached hydrogen (secondary N) is 2. The number of piperidine rings is 2. The normalized spacial score (nSPS) is 20.8. The van der Waals surface area contributed by atoms with Crippen molar-refractivity contribution in [1.82, 2.24) is 20.4 Å². The van der Waals surface area contributed by atoms with Crippen molar-refractivity contribution in [2.24, 2.45) is 0 Å². The van der Waals surface area contributed by atoms with Gasteiger partial charge < -0.3 is 48.9 Å². The summed E-state index contributed by atoms with van der Waals surface area (Å²) in [6.45, 7) is 5.92. The molecule has 14 nitrogen and oxygen atoms in total. The van der Waals surface area contributed by atoms with Crippen LogP contribution in [-0.2, 0) is 77.7 Å². The van der Waals surface area contributed by atoms with E-state index in [9.17, 15) is 19.2 Å². The van der Waals surface area contributed by atoms with E-state index in [0.29, 0.717) is 25.9 Å². The van der Waals surface area contributed by atoms with Gasteiger partial charge in [-0.25, -0.2) is 0 Å². The molecule has 2 aliphatic heterocycles. The van der Waals surface area contributed by atoms with Crippen LogP contribution in [0.5, 0.6) is 0 Å². The van der Waals surface area contributed by atoms with Gasteiger partial charge in [0.05, 0.1) is 51.7 Å². The van der Waals surface area contributed by atoms with E-state index in [1.165, 1.54) is 0 Å². The van der Waals surface area contributed by atoms with Crippen LogP contribution in [0.3, 0.4) is 0 Å². The Morgan fingerprint density at radius 3 is 0.915 bits per heavy atom. The van der Waals surface area contributed by atoms with Crippen molar-refractivity contribution in [2.75, 3.05) is 26.2 Å². The summed E-state index contributed by atoms with van der Waals surface area (Å²) in [6.07, 6.45) is -4.00. The molecule has 7 aromatic carbocycles. The van der Waals surface area contributed by atoms with E-state index >= 15 is 0 Å². The minimum Gasteiger partial charge on any atom is -0.368 e. The fourth-order valence-electron chi connectivity index (χ4n) is 10.7. The number of ether oxygens (including phenoxy) is 6. The fourth-order valence-corrected chi connectivity index (χ4v) is 10.7. The maximum atomic E-state index is 14.9. The summed E-state index contributed by atoms with van der Waals surface area (Å²) >= 11 is 0. The zero-order valence-electron chi connectivity index (χ0n) is 46.7. The monoisotopic (exact) mass is 1110 g/mol. The van der Waals surface area contributed by atoms with E-state index in [-0.39, 0.29) is 75.7 Å². The van der Waals surface area contributed by atoms with E-state index in [2.05, 4.69) is 10.6 Å². The van der Waals surface area contributed by atoms with Crippen LogP contribution in [0.4, 0.5) is 0 Å². The molecule has 0 aromatic heterocycles. The van der Waals surface area contributed by atoms with Crippen molar-refractivity contribution in [3.63, 3.8) is 0 Å². The Hall–Kier alpha value is -7.82. The highest BCUT2D eigenvalue weighted by atomic mass is 16.6. The van der Waals surface area contributed by atoms with Gasteiger partial charge in [-0.3, -0.25) is 19.2 Å². The van der Waals surface area contributed by atoms with E-state index in [1.54, 1.807) is 34.1 Å². The maximum absolute atomic E-state index is 14.9. The molecule has 7 aromatic rings. The largest absolute Gasteiger partial charge is 0.368 e. The smallest absolute Gasteiger partial charge is 0.254 e. The zero-order chi connectivity index (χ0) is 56.9. The number of benzene rings is 7. The summed E-state index contributed by atoms with van der Waals surface area (Å²) in [4.78, 5) is 62.1. The molecule has 2 aliphatic rings. The van der Waals surface area contributed by atoms with Gasteiger partial charge in [0.15, 0.2) is 12.2 Å². The Labute approximate surface area is 481 Å². The van der Waals surface area contributed by atoms with Crippen LogP contribution in [0.1, 0.15) is 80.8 Å². The Morgan fingerprint density at radius 2 is 0.634 bits per heavy atom. The number of nitrogens with zero attached hydrogens (tertiary/aromatic N) is 2. The van der Waals surface area contributed by atoms with Gasteiger partial charge in [0.2, 0.25) is 0 Å². The molecule has 9 rings (SSSR count). The van der Waals surface area contributed by atoms with Gasteiger partial charge in [0.1, 0.15) is 24.4 Å². The predicted molar refractivity (Wildman–Crippen MR) is 313 cm³/mol. The molecule has 0 bridgehead atoms. The number of hydrogen-bond donors (Lipinski definition) is 2. The minimum absolute atomic E-state index is 0.00790. The summed E-state index contributed by atoms with van der Waals surface area (Å²) in [5.74, 6) is -1.43. The van der Waals surface area contributed by atoms with Crippen molar-refractivity contribution in [3.05, 3.63) is 251 Å². The second-order valence-corrected chi connectivity index (χ2v) is 20.7. The third kappa shape index (κ3) is 15.8. The van der Waals surface area contributed by atoms with Crippen molar-refractivity contribution in [2.45, 2.75) is 115 Å². The van der Waals surface area contributed by atoms with Crippen LogP contribution in [0.15, 0.2) is 206 Å². The van der Waals surface area contributed by atoms with Gasteiger partial charge in [-0.1, -0.05) is 202 Å². The highest BCUT2D eigenvalue weighted by Crippen LogP contribution is 2.32. The second-order valence-electron chi connectivity index (χ2n) is 20.7. The van der Waals surface area contributed by atoms with Crippen molar-refractivity contribution < 1.29 is 47.6 Å². The molecule has 0 unspecified atom stereocenters. The van der Waals surface area contributed by atoms with Crippen molar-refractivity contribution in [3.8, 4) is 0 Å². The molecule has 8 atom stereocenters. The van der Waals surface area contributed by atoms with Gasteiger partial charge in [0.25, 0.3) is 23.6 Å². The van der Waals surface area contributed by atoms with E-state index in [4.69, 9.17) is 28.4 Å². The first-order valence-electron chi connectivity index (χ1n) is 28.5. The molecule has 2 heterocycles. The van der Waals surface area contributed by atoms with Gasteiger partial charge in [-0.05, 0) is 64.4 Å². The van der Waals surface area contributed by atoms with Crippen LogP contribution < -0.4 is 10.6 Å². The quantitative estimate of drug-likeness (QED) is 0.0485. The van der Waals surface area contributed by atoms with E-state index < -0.39 is 60.5 Å². The van der Waals surface area contributed by atoms with Crippen LogP contribution in [0.25, 0.3) is 0 Å². The zero-order valence-corrected chi connectivity index (χ0v) is 46.7. The second kappa shape index (κ2) is 30.3. The van der Waals surface area contributed by atoms with Gasteiger partial charge in [0, 0.05) is 37.3 Å². The third-order valence-electron chi connectivity index (χ3n) is 14.8. The summed E-state index contributed by atoms with van der Waals surface area (Å²) in [5.41, 5.74) is 5.97. The SMILES string of the molecule is CCCN1C(=O)[C@H](OCc2ccccc2)[C@@H](OCc2ccccc2)[C@H](OCc2ccccc2)[C@H]1CNC(=O)c1cccc(C(=O)NC[C@@H]2[C@@H](OCc3ccccc3)[C@H](OCc3ccccc3)[C@@H](OCc3ccccc3)C(=O)N2CCC)c1. The lowest BCUT2D eigenvalue weighted by atomic mass is 9.91. The lowest BCUT2D eigenvalue weighted by Gasteiger charge is -2.48. The van der Waals surface area contributed by atoms with Crippen LogP contribution in [-0.4, -0.2) is 108 Å². The molecule has 0 saturated carbocycles. The van der Waals surface area contributed by atoms with Crippen LogP contribution in [0.2, 0.25) is 0 Å². The van der Waals surface area contributed by atoms with Crippen molar-refractivity contribution in [1.29, 1.82) is 0 Å².